The van der Waals surface area contributed by atoms with E-state index in [9.17, 15) is 0 Å². The lowest BCUT2D eigenvalue weighted by atomic mass is 10.0. The molecule has 8 aromatic carbocycles. The van der Waals surface area contributed by atoms with Crippen molar-refractivity contribution >= 4 is 105 Å². The predicted octanol–water partition coefficient (Wildman–Crippen LogP) is 15.4. The van der Waals surface area contributed by atoms with E-state index in [2.05, 4.69) is 214 Å². The van der Waals surface area contributed by atoms with Crippen LogP contribution in [0.2, 0.25) is 0 Å². The molecule has 0 saturated carbocycles. The van der Waals surface area contributed by atoms with E-state index in [1.54, 1.807) is 0 Å². The van der Waals surface area contributed by atoms with Crippen molar-refractivity contribution in [2.75, 3.05) is 9.80 Å². The third-order valence-corrected chi connectivity index (χ3v) is 13.1. The molecule has 1 aliphatic rings. The Morgan fingerprint density at radius 3 is 1.48 bits per heavy atom. The number of benzene rings is 8. The Labute approximate surface area is 347 Å². The molecule has 4 aromatic heterocycles. The van der Waals surface area contributed by atoms with Crippen LogP contribution in [-0.4, -0.2) is 8.80 Å². The van der Waals surface area contributed by atoms with Crippen molar-refractivity contribution in [2.45, 2.75) is 26.7 Å². The van der Waals surface area contributed by atoms with Crippen LogP contribution in [0.5, 0.6) is 0 Å². The summed E-state index contributed by atoms with van der Waals surface area (Å²) in [7, 11) is 0. The summed E-state index contributed by atoms with van der Waals surface area (Å²) < 4.78 is 5.09. The normalized spacial score (nSPS) is 13.4. The second-order valence-electron chi connectivity index (χ2n) is 16.6. The van der Waals surface area contributed by atoms with E-state index >= 15 is 0 Å². The van der Waals surface area contributed by atoms with Crippen LogP contribution < -0.4 is 9.80 Å². The topological polar surface area (TPSA) is 15.3 Å². The van der Waals surface area contributed by atoms with Gasteiger partial charge in [0.1, 0.15) is 0 Å². The van der Waals surface area contributed by atoms with Crippen molar-refractivity contribution in [2.24, 2.45) is 0 Å². The molecule has 0 N–H and O–H groups in total. The molecule has 0 fully saturated rings. The van der Waals surface area contributed by atoms with E-state index in [0.717, 1.165) is 24.2 Å². The van der Waals surface area contributed by atoms with Gasteiger partial charge in [-0.05, 0) is 117 Å². The quantitative estimate of drug-likeness (QED) is 0.167. The smallest absolute Gasteiger partial charge is 0.0641 e. The number of anilines is 5. The van der Waals surface area contributed by atoms with Gasteiger partial charge < -0.3 is 18.6 Å². The minimum absolute atomic E-state index is 0.994. The number of nitrogens with zero attached hydrogens (tertiary/aromatic N) is 4. The van der Waals surface area contributed by atoms with Gasteiger partial charge in [-0.3, -0.25) is 0 Å². The highest BCUT2D eigenvalue weighted by molar-refractivity contribution is 6.32. The van der Waals surface area contributed by atoms with Gasteiger partial charge in [0.15, 0.2) is 0 Å². The summed E-state index contributed by atoms with van der Waals surface area (Å²) >= 11 is 0. The molecule has 1 aliphatic carbocycles. The maximum absolute atomic E-state index is 2.55. The van der Waals surface area contributed by atoms with Gasteiger partial charge in [0.2, 0.25) is 0 Å². The fourth-order valence-corrected chi connectivity index (χ4v) is 10.6. The molecule has 60 heavy (non-hydrogen) atoms. The van der Waals surface area contributed by atoms with Gasteiger partial charge in [-0.1, -0.05) is 103 Å². The van der Waals surface area contributed by atoms with Crippen molar-refractivity contribution in [1.29, 1.82) is 0 Å². The minimum Gasteiger partial charge on any atom is -0.314 e. The summed E-state index contributed by atoms with van der Waals surface area (Å²) in [6, 6.07) is 61.0. The number of hydrogen-bond donors (Lipinski definition) is 0. The van der Waals surface area contributed by atoms with E-state index in [4.69, 9.17) is 0 Å². The van der Waals surface area contributed by atoms with Crippen molar-refractivity contribution in [3.63, 3.8) is 0 Å². The van der Waals surface area contributed by atoms with Crippen LogP contribution in [0.3, 0.4) is 0 Å². The fraction of sp³-hybridized carbons (Fsp3) is 0.0714. The van der Waals surface area contributed by atoms with Gasteiger partial charge in [0.05, 0.1) is 44.5 Å². The van der Waals surface area contributed by atoms with Crippen LogP contribution in [0.4, 0.5) is 28.4 Å². The first-order chi connectivity index (χ1) is 29.6. The first-order valence-electron chi connectivity index (χ1n) is 21.1. The van der Waals surface area contributed by atoms with Gasteiger partial charge in [-0.25, -0.2) is 0 Å². The second kappa shape index (κ2) is 12.5. The van der Waals surface area contributed by atoms with Crippen LogP contribution in [0, 0.1) is 13.8 Å². The molecular formula is C56H40N4. The maximum atomic E-state index is 2.55. The highest BCUT2D eigenvalue weighted by atomic mass is 15.2. The molecule has 0 aliphatic heterocycles. The van der Waals surface area contributed by atoms with Crippen molar-refractivity contribution < 1.29 is 0 Å². The molecule has 12 aromatic rings. The average molecular weight is 769 g/mol. The van der Waals surface area contributed by atoms with Gasteiger partial charge in [0, 0.05) is 65.8 Å². The number of aryl methyl sites for hydroxylation is 2. The Morgan fingerprint density at radius 2 is 0.933 bits per heavy atom. The molecule has 0 amide bonds. The van der Waals surface area contributed by atoms with Crippen molar-refractivity contribution in [3.05, 3.63) is 199 Å². The van der Waals surface area contributed by atoms with Gasteiger partial charge in [0.25, 0.3) is 0 Å². The monoisotopic (exact) mass is 768 g/mol. The molecule has 0 radical (unpaired) electrons. The third kappa shape index (κ3) is 4.56. The van der Waals surface area contributed by atoms with E-state index in [1.165, 1.54) is 110 Å². The number of rotatable bonds is 6. The van der Waals surface area contributed by atoms with E-state index in [-0.39, 0.29) is 0 Å². The zero-order valence-electron chi connectivity index (χ0n) is 33.5. The standard InChI is InChI=1S/C56H40N4/c1-35-15-13-21-39(31-35)57(37-17-5-3-6-18-37)49-29-27-41-45-33-52-46(34-51(45)59-47-25-11-9-23-43(47)53(49)55(41)59)42-28-30-50(54-44-24-10-12-26-48(44)60(52)56(42)54)58(38-19-7-4-8-20-38)40-22-14-16-36(2)32-40/h3-7,9-19,21-34H,8,20H2,1-2H3. The van der Waals surface area contributed by atoms with E-state index < -0.39 is 0 Å². The van der Waals surface area contributed by atoms with Crippen LogP contribution in [0.1, 0.15) is 24.0 Å². The van der Waals surface area contributed by atoms with Crippen LogP contribution in [-0.2, 0) is 0 Å². The molecule has 4 nitrogen and oxygen atoms in total. The van der Waals surface area contributed by atoms with Crippen molar-refractivity contribution in [1.82, 2.24) is 8.80 Å². The Balaban J connectivity index is 1.13. The zero-order chi connectivity index (χ0) is 39.6. The summed E-state index contributed by atoms with van der Waals surface area (Å²) in [6.45, 7) is 4.36. The summed E-state index contributed by atoms with van der Waals surface area (Å²) in [5, 5.41) is 10.2. The molecule has 0 atom stereocenters. The number of para-hydroxylation sites is 3. The highest BCUT2D eigenvalue weighted by Gasteiger charge is 2.28. The molecule has 0 unspecified atom stereocenters. The third-order valence-electron chi connectivity index (χ3n) is 13.1. The average Bonchev–Trinajstić information content (AvgIpc) is 4.01. The molecular weight excluding hydrogens is 729 g/mol. The van der Waals surface area contributed by atoms with Gasteiger partial charge in [-0.2, -0.15) is 0 Å². The van der Waals surface area contributed by atoms with E-state index in [1.807, 2.05) is 0 Å². The first-order valence-corrected chi connectivity index (χ1v) is 21.1. The molecule has 4 heterocycles. The maximum Gasteiger partial charge on any atom is 0.0641 e. The largest absolute Gasteiger partial charge is 0.314 e. The number of allylic oxidation sites excluding steroid dienone is 4. The lowest BCUT2D eigenvalue weighted by molar-refractivity contribution is 0.919. The molecule has 0 spiro atoms. The number of aromatic nitrogens is 2. The van der Waals surface area contributed by atoms with Crippen LogP contribution >= 0.6 is 0 Å². The summed E-state index contributed by atoms with van der Waals surface area (Å²) in [4.78, 5) is 4.95. The number of hydrogen-bond acceptors (Lipinski definition) is 2. The number of fused-ring (bicyclic) bond motifs is 12. The Bertz CT molecular complexity index is 3750. The summed E-state index contributed by atoms with van der Waals surface area (Å²) in [6.07, 6.45) is 8.82. The first kappa shape index (κ1) is 33.4. The lowest BCUT2D eigenvalue weighted by Crippen LogP contribution is -2.17. The Morgan fingerprint density at radius 1 is 0.417 bits per heavy atom. The van der Waals surface area contributed by atoms with Crippen LogP contribution in [0.15, 0.2) is 188 Å². The van der Waals surface area contributed by atoms with E-state index in [0.29, 0.717) is 0 Å². The van der Waals surface area contributed by atoms with Crippen molar-refractivity contribution in [3.8, 4) is 0 Å². The van der Waals surface area contributed by atoms with Crippen LogP contribution in [0.25, 0.3) is 76.2 Å². The summed E-state index contributed by atoms with van der Waals surface area (Å²) in [5.41, 5.74) is 17.2. The molecule has 284 valence electrons. The summed E-state index contributed by atoms with van der Waals surface area (Å²) in [5.74, 6) is 0. The Hall–Kier alpha value is -7.56. The highest BCUT2D eigenvalue weighted by Crippen LogP contribution is 2.51. The molecule has 13 rings (SSSR count). The Kier molecular flexibility index (Phi) is 6.95. The van der Waals surface area contributed by atoms with Gasteiger partial charge >= 0.3 is 0 Å². The second-order valence-corrected chi connectivity index (χ2v) is 16.6. The zero-order valence-corrected chi connectivity index (χ0v) is 33.5. The molecule has 4 heteroatoms. The predicted molar refractivity (Wildman–Crippen MR) is 255 cm³/mol. The molecule has 0 saturated heterocycles. The fourth-order valence-electron chi connectivity index (χ4n) is 10.6. The SMILES string of the molecule is Cc1cccc(N(C2=CC=CCC2)c2ccc3c4cc5c(cc4n4c6ccccc6c2c34)c2ccc(N(c3ccccc3)c3cccc(C)c3)c3c4ccccc4n5c23)c1. The molecule has 0 bridgehead atoms. The minimum atomic E-state index is 0.994. The lowest BCUT2D eigenvalue weighted by Gasteiger charge is -2.30. The van der Waals surface area contributed by atoms with Gasteiger partial charge in [-0.15, -0.1) is 0 Å².